The molecule has 8 nitrogen and oxygen atoms in total. The average molecular weight is 435 g/mol. The summed E-state index contributed by atoms with van der Waals surface area (Å²) in [5.41, 5.74) is 5.95. The van der Waals surface area contributed by atoms with Crippen LogP contribution in [0.4, 0.5) is 0 Å². The van der Waals surface area contributed by atoms with Crippen LogP contribution in [0.15, 0.2) is 10.2 Å². The van der Waals surface area contributed by atoms with E-state index < -0.39 is 11.6 Å². The normalized spacial score (nSPS) is 33.8. The molecule has 3 aliphatic carbocycles. The van der Waals surface area contributed by atoms with Crippen molar-refractivity contribution in [1.82, 2.24) is 0 Å². The maximum Gasteiger partial charge on any atom is 0.300 e. The second-order valence-electron chi connectivity index (χ2n) is 6.83. The quantitative estimate of drug-likeness (QED) is 0.233. The van der Waals surface area contributed by atoms with Crippen LogP contribution >= 0.6 is 0 Å². The van der Waals surface area contributed by atoms with E-state index in [9.17, 15) is 5.11 Å². The fourth-order valence-corrected chi connectivity index (χ4v) is 4.57. The van der Waals surface area contributed by atoms with E-state index in [1.165, 1.54) is 25.7 Å². The van der Waals surface area contributed by atoms with E-state index in [0.717, 1.165) is 38.3 Å². The maximum atomic E-state index is 11.2. The molecule has 0 aromatic rings. The molecule has 4 unspecified atom stereocenters. The maximum absolute atomic E-state index is 11.2. The van der Waals surface area contributed by atoms with E-state index in [1.54, 1.807) is 0 Å². The van der Waals surface area contributed by atoms with E-state index in [1.807, 2.05) is 0 Å². The predicted molar refractivity (Wildman–Crippen MR) is 99.3 cm³/mol. The van der Waals surface area contributed by atoms with E-state index in [-0.39, 0.29) is 38.8 Å². The molecule has 155 valence electrons. The summed E-state index contributed by atoms with van der Waals surface area (Å²) < 4.78 is 0. The van der Waals surface area contributed by atoms with Gasteiger partial charge >= 0.3 is 0 Å². The molecule has 3 saturated carbocycles. The molecule has 0 saturated heterocycles. The number of carboxylic acids is 1. The monoisotopic (exact) mass is 435 g/mol. The van der Waals surface area contributed by atoms with Crippen molar-refractivity contribution in [1.29, 1.82) is 0 Å². The molecule has 3 rings (SSSR count). The first-order valence-corrected chi connectivity index (χ1v) is 8.75. The van der Waals surface area contributed by atoms with Gasteiger partial charge in [-0.15, -0.1) is 0 Å². The number of hydrogen-bond acceptors (Lipinski definition) is 5. The third-order valence-electron chi connectivity index (χ3n) is 5.34. The third-order valence-corrected chi connectivity index (χ3v) is 5.43. The first-order valence-electron chi connectivity index (χ1n) is 8.34. The topological polar surface area (TPSA) is 171 Å². The van der Waals surface area contributed by atoms with Crippen LogP contribution in [0, 0.1) is 17.8 Å². The number of amidine groups is 1. The van der Waals surface area contributed by atoms with Gasteiger partial charge in [0.2, 0.25) is 0 Å². The minimum absolute atomic E-state index is 0. The Morgan fingerprint density at radius 2 is 1.85 bits per heavy atom. The fraction of sp³-hybridized carbons (Fsp3) is 0.812. The Morgan fingerprint density at radius 3 is 2.42 bits per heavy atom. The van der Waals surface area contributed by atoms with Crippen LogP contribution in [-0.4, -0.2) is 43.6 Å². The zero-order chi connectivity index (χ0) is 17.0. The van der Waals surface area contributed by atoms with Crippen molar-refractivity contribution < 1.29 is 42.7 Å². The first-order chi connectivity index (χ1) is 10.8. The van der Waals surface area contributed by atoms with Crippen LogP contribution in [0.5, 0.6) is 0 Å². The van der Waals surface area contributed by atoms with Gasteiger partial charge in [-0.2, -0.15) is 10.2 Å². The Kier molecular flexibility index (Phi) is 12.5. The number of aliphatic carboxylic acids is 1. The van der Waals surface area contributed by atoms with Crippen molar-refractivity contribution in [2.75, 3.05) is 0 Å². The van der Waals surface area contributed by atoms with Crippen molar-refractivity contribution >= 4 is 29.5 Å². The summed E-state index contributed by atoms with van der Waals surface area (Å²) in [6.45, 7) is 1.08. The molecule has 4 atom stereocenters. The summed E-state index contributed by atoms with van der Waals surface area (Å²) in [4.78, 5) is 9.00. The Bertz CT molecular complexity index is 512. The van der Waals surface area contributed by atoms with Crippen LogP contribution < -0.4 is 5.73 Å². The van der Waals surface area contributed by atoms with Gasteiger partial charge in [0.25, 0.3) is 5.97 Å². The van der Waals surface area contributed by atoms with E-state index >= 15 is 0 Å². The minimum Gasteiger partial charge on any atom is -0.741 e. The van der Waals surface area contributed by atoms with Crippen LogP contribution in [0.2, 0.25) is 0 Å². The SMILES string of the molecule is CC(=O)O.NC([S-])=N/N=C1\C2CCCC1C1(O)CCCCC1C2.O.O.[Co]. The summed E-state index contributed by atoms with van der Waals surface area (Å²) in [5.74, 6) is 0.295. The van der Waals surface area contributed by atoms with Crippen LogP contribution in [-0.2, 0) is 34.2 Å². The van der Waals surface area contributed by atoms with Crippen molar-refractivity contribution in [3.63, 3.8) is 0 Å². The molecule has 3 aliphatic rings. The molecule has 3 fully saturated rings. The second-order valence-corrected chi connectivity index (χ2v) is 7.25. The molecule has 0 heterocycles. The van der Waals surface area contributed by atoms with E-state index in [2.05, 4.69) is 10.2 Å². The van der Waals surface area contributed by atoms with Gasteiger partial charge in [0.05, 0.1) is 5.60 Å². The minimum atomic E-state index is -0.833. The Morgan fingerprint density at radius 1 is 1.23 bits per heavy atom. The Hall–Kier alpha value is -0.784. The van der Waals surface area contributed by atoms with Crippen molar-refractivity contribution in [2.45, 2.75) is 63.9 Å². The number of carboxylic acid groups (broad SMARTS) is 1. The number of rotatable bonds is 1. The third kappa shape index (κ3) is 6.43. The second kappa shape index (κ2) is 11.8. The average Bonchev–Trinajstić information content (AvgIpc) is 2.46. The molecule has 0 aromatic heterocycles. The fourth-order valence-electron chi connectivity index (χ4n) is 4.53. The summed E-state index contributed by atoms with van der Waals surface area (Å²) in [5, 5.41) is 26.9. The van der Waals surface area contributed by atoms with Crippen molar-refractivity contribution in [3.05, 3.63) is 0 Å². The summed E-state index contributed by atoms with van der Waals surface area (Å²) in [6.07, 6.45) is 8.95. The number of carbonyl (C=O) groups is 1. The molecule has 0 aliphatic heterocycles. The summed E-state index contributed by atoms with van der Waals surface area (Å²) >= 11 is 4.78. The van der Waals surface area contributed by atoms with Crippen LogP contribution in [0.1, 0.15) is 58.3 Å². The zero-order valence-electron chi connectivity index (χ0n) is 14.9. The molecule has 8 N–H and O–H groups in total. The number of hydrogen-bond donors (Lipinski definition) is 3. The molecule has 0 aromatic carbocycles. The number of nitrogens with two attached hydrogens (primary N) is 1. The van der Waals surface area contributed by atoms with Gasteiger partial charge in [-0.05, 0) is 49.1 Å². The van der Waals surface area contributed by atoms with Gasteiger partial charge in [0.15, 0.2) is 0 Å². The van der Waals surface area contributed by atoms with Gasteiger partial charge in [0, 0.05) is 35.3 Å². The van der Waals surface area contributed by atoms with Gasteiger partial charge in [-0.25, -0.2) is 0 Å². The Balaban J connectivity index is 0. The van der Waals surface area contributed by atoms with Crippen LogP contribution in [0.3, 0.4) is 0 Å². The molecule has 2 bridgehead atoms. The van der Waals surface area contributed by atoms with Crippen molar-refractivity contribution in [2.24, 2.45) is 33.7 Å². The van der Waals surface area contributed by atoms with Gasteiger partial charge in [0.1, 0.15) is 0 Å². The Labute approximate surface area is 169 Å². The number of nitrogens with zero attached hydrogens (tertiary/aromatic N) is 2. The number of fused-ring (bicyclic) bond motifs is 4. The van der Waals surface area contributed by atoms with Gasteiger partial charge in [-0.1, -0.05) is 19.3 Å². The van der Waals surface area contributed by atoms with E-state index in [0.29, 0.717) is 11.8 Å². The zero-order valence-corrected chi connectivity index (χ0v) is 16.8. The molecular weight excluding hydrogens is 405 g/mol. The first kappa shape index (κ1) is 27.4. The molecular formula is C16H30CoN3O5S-. The van der Waals surface area contributed by atoms with E-state index in [4.69, 9.17) is 28.3 Å². The smallest absolute Gasteiger partial charge is 0.300 e. The molecule has 0 spiro atoms. The largest absolute Gasteiger partial charge is 0.741 e. The summed E-state index contributed by atoms with van der Waals surface area (Å²) in [7, 11) is 0. The molecule has 10 heteroatoms. The predicted octanol–water partition coefficient (Wildman–Crippen LogP) is 0.384. The van der Waals surface area contributed by atoms with Gasteiger partial charge in [-0.3, -0.25) is 4.79 Å². The molecule has 26 heavy (non-hydrogen) atoms. The van der Waals surface area contributed by atoms with Gasteiger partial charge < -0.3 is 39.5 Å². The molecule has 0 amide bonds. The standard InChI is InChI=1S/C14H23N3OS.C2H4O2.Co.2H2O/c15-13(19)17-16-12-9-4-3-6-11(12)14(18)7-2-1-5-10(14)8-9;1-2(3)4;;;/h9-11,18H,1-8H2,(H3,15,17,19);1H3,(H,3,4);;2*1H2/p-1/b16-12+;;;;. The summed E-state index contributed by atoms with van der Waals surface area (Å²) in [6, 6.07) is 0. The van der Waals surface area contributed by atoms with Crippen LogP contribution in [0.25, 0.3) is 0 Å². The van der Waals surface area contributed by atoms with Crippen molar-refractivity contribution in [3.8, 4) is 0 Å². The number of aliphatic hydroxyl groups is 1. The molecule has 1 radical (unpaired) electrons.